The second kappa shape index (κ2) is 7.69. The van der Waals surface area contributed by atoms with Crippen molar-refractivity contribution < 1.29 is 17.6 Å². The van der Waals surface area contributed by atoms with Gasteiger partial charge < -0.3 is 9.73 Å². The molecule has 0 atom stereocenters. The fourth-order valence-electron chi connectivity index (χ4n) is 2.87. The van der Waals surface area contributed by atoms with Crippen molar-refractivity contribution in [2.75, 3.05) is 10.0 Å². The van der Waals surface area contributed by atoms with E-state index in [1.165, 1.54) is 29.7 Å². The third-order valence-electron chi connectivity index (χ3n) is 4.26. The van der Waals surface area contributed by atoms with Crippen LogP contribution in [0, 0.1) is 6.92 Å². The van der Waals surface area contributed by atoms with E-state index < -0.39 is 10.0 Å². The van der Waals surface area contributed by atoms with Gasteiger partial charge in [-0.25, -0.2) is 13.4 Å². The lowest BCUT2D eigenvalue weighted by molar-refractivity contribution is -0.115. The highest BCUT2D eigenvalue weighted by Gasteiger charge is 2.16. The standard InChI is InChI=1S/C20H17N3O4S2/c1-13-2-7-17-14(12-27-18(17)10-13)11-19(24)22-15-3-5-16(6-4-15)29(25,26)23-20-21-8-9-28-20/h2-10,12H,11H2,1H3,(H,21,23)(H,22,24). The summed E-state index contributed by atoms with van der Waals surface area (Å²) >= 11 is 1.19. The molecule has 2 heterocycles. The van der Waals surface area contributed by atoms with Gasteiger partial charge in [-0.05, 0) is 42.8 Å². The van der Waals surface area contributed by atoms with Crippen LogP contribution in [0.2, 0.25) is 0 Å². The molecule has 9 heteroatoms. The summed E-state index contributed by atoms with van der Waals surface area (Å²) < 4.78 is 32.6. The normalized spacial score (nSPS) is 11.5. The summed E-state index contributed by atoms with van der Waals surface area (Å²) in [6.45, 7) is 1.98. The maximum absolute atomic E-state index is 12.4. The van der Waals surface area contributed by atoms with E-state index in [1.807, 2.05) is 25.1 Å². The molecule has 7 nitrogen and oxygen atoms in total. The Balaban J connectivity index is 1.43. The van der Waals surface area contributed by atoms with Gasteiger partial charge in [0.1, 0.15) is 5.58 Å². The third kappa shape index (κ3) is 4.30. The minimum absolute atomic E-state index is 0.0851. The fraction of sp³-hybridized carbons (Fsp3) is 0.100. The summed E-state index contributed by atoms with van der Waals surface area (Å²) in [4.78, 5) is 16.4. The third-order valence-corrected chi connectivity index (χ3v) is 6.44. The van der Waals surface area contributed by atoms with Crippen LogP contribution in [-0.2, 0) is 21.2 Å². The van der Waals surface area contributed by atoms with Crippen LogP contribution in [-0.4, -0.2) is 19.3 Å². The van der Waals surface area contributed by atoms with E-state index in [-0.39, 0.29) is 17.2 Å². The molecule has 148 valence electrons. The highest BCUT2D eigenvalue weighted by molar-refractivity contribution is 7.93. The number of carbonyl (C=O) groups is 1. The second-order valence-electron chi connectivity index (χ2n) is 6.45. The van der Waals surface area contributed by atoms with Crippen LogP contribution in [0.4, 0.5) is 10.8 Å². The summed E-state index contributed by atoms with van der Waals surface area (Å²) in [5.74, 6) is -0.218. The predicted octanol–water partition coefficient (Wildman–Crippen LogP) is 4.18. The fourth-order valence-corrected chi connectivity index (χ4v) is 4.66. The van der Waals surface area contributed by atoms with Gasteiger partial charge in [0.2, 0.25) is 5.91 Å². The molecule has 2 aromatic heterocycles. The molecule has 0 aliphatic rings. The number of furan rings is 1. The molecule has 2 aromatic carbocycles. The number of fused-ring (bicyclic) bond motifs is 1. The lowest BCUT2D eigenvalue weighted by Gasteiger charge is -2.08. The first kappa shape index (κ1) is 19.2. The number of aryl methyl sites for hydroxylation is 1. The van der Waals surface area contributed by atoms with E-state index in [2.05, 4.69) is 15.0 Å². The molecular weight excluding hydrogens is 410 g/mol. The van der Waals surface area contributed by atoms with Crippen molar-refractivity contribution in [2.24, 2.45) is 0 Å². The van der Waals surface area contributed by atoms with Crippen LogP contribution in [0.25, 0.3) is 11.0 Å². The Kier molecular flexibility index (Phi) is 5.08. The van der Waals surface area contributed by atoms with Crippen molar-refractivity contribution in [3.63, 3.8) is 0 Å². The van der Waals surface area contributed by atoms with E-state index in [1.54, 1.807) is 23.8 Å². The van der Waals surface area contributed by atoms with Gasteiger partial charge in [0.25, 0.3) is 10.0 Å². The van der Waals surface area contributed by atoms with E-state index >= 15 is 0 Å². The lowest BCUT2D eigenvalue weighted by Crippen LogP contribution is -2.15. The number of nitrogens with one attached hydrogen (secondary N) is 2. The van der Waals surface area contributed by atoms with Crippen molar-refractivity contribution in [3.8, 4) is 0 Å². The summed E-state index contributed by atoms with van der Waals surface area (Å²) in [5.41, 5.74) is 3.13. The largest absolute Gasteiger partial charge is 0.464 e. The van der Waals surface area contributed by atoms with Gasteiger partial charge in [0, 0.05) is 28.2 Å². The Bertz CT molecular complexity index is 1260. The van der Waals surface area contributed by atoms with Gasteiger partial charge >= 0.3 is 0 Å². The minimum atomic E-state index is -3.72. The Morgan fingerprint density at radius 3 is 2.69 bits per heavy atom. The average molecular weight is 428 g/mol. The lowest BCUT2D eigenvalue weighted by atomic mass is 10.1. The smallest absolute Gasteiger partial charge is 0.263 e. The zero-order valence-electron chi connectivity index (χ0n) is 15.4. The van der Waals surface area contributed by atoms with Crippen molar-refractivity contribution in [1.82, 2.24) is 4.98 Å². The van der Waals surface area contributed by atoms with Crippen LogP contribution >= 0.6 is 11.3 Å². The Labute approximate surface area is 171 Å². The monoisotopic (exact) mass is 427 g/mol. The molecule has 2 N–H and O–H groups in total. The first-order valence-corrected chi connectivity index (χ1v) is 11.1. The van der Waals surface area contributed by atoms with Gasteiger partial charge in [-0.3, -0.25) is 9.52 Å². The van der Waals surface area contributed by atoms with Crippen LogP contribution in [0.15, 0.2) is 69.6 Å². The topological polar surface area (TPSA) is 101 Å². The quantitative estimate of drug-likeness (QED) is 0.481. The number of carbonyl (C=O) groups excluding carboxylic acids is 1. The van der Waals surface area contributed by atoms with Gasteiger partial charge in [0.05, 0.1) is 17.6 Å². The molecule has 29 heavy (non-hydrogen) atoms. The summed E-state index contributed by atoms with van der Waals surface area (Å²) in [7, 11) is -3.72. The summed E-state index contributed by atoms with van der Waals surface area (Å²) in [5, 5.41) is 5.66. The summed E-state index contributed by atoms with van der Waals surface area (Å²) in [6, 6.07) is 11.8. The molecule has 0 radical (unpaired) electrons. The van der Waals surface area contributed by atoms with E-state index in [0.29, 0.717) is 10.8 Å². The first-order valence-electron chi connectivity index (χ1n) is 8.70. The second-order valence-corrected chi connectivity index (χ2v) is 9.03. The number of aromatic nitrogens is 1. The number of hydrogen-bond donors (Lipinski definition) is 2. The van der Waals surface area contributed by atoms with Gasteiger partial charge in [0.15, 0.2) is 5.13 Å². The van der Waals surface area contributed by atoms with E-state index in [0.717, 1.165) is 22.1 Å². The molecule has 4 rings (SSSR count). The van der Waals surface area contributed by atoms with Crippen molar-refractivity contribution >= 4 is 49.1 Å². The molecule has 0 aliphatic heterocycles. The molecule has 0 fully saturated rings. The molecule has 1 amide bonds. The minimum Gasteiger partial charge on any atom is -0.464 e. The molecular formula is C20H17N3O4S2. The zero-order valence-corrected chi connectivity index (χ0v) is 17.0. The maximum atomic E-state index is 12.4. The van der Waals surface area contributed by atoms with Crippen LogP contribution in [0.3, 0.4) is 0 Å². The van der Waals surface area contributed by atoms with Crippen LogP contribution in [0.5, 0.6) is 0 Å². The average Bonchev–Trinajstić information content (AvgIpc) is 3.31. The van der Waals surface area contributed by atoms with Crippen molar-refractivity contribution in [3.05, 3.63) is 71.4 Å². The number of amides is 1. The predicted molar refractivity (Wildman–Crippen MR) is 113 cm³/mol. The first-order chi connectivity index (χ1) is 13.9. The molecule has 0 bridgehead atoms. The van der Waals surface area contributed by atoms with Gasteiger partial charge in [-0.15, -0.1) is 11.3 Å². The molecule has 0 saturated carbocycles. The molecule has 0 unspecified atom stereocenters. The van der Waals surface area contributed by atoms with Crippen molar-refractivity contribution in [2.45, 2.75) is 18.2 Å². The van der Waals surface area contributed by atoms with Crippen LogP contribution in [0.1, 0.15) is 11.1 Å². The van der Waals surface area contributed by atoms with E-state index in [9.17, 15) is 13.2 Å². The Hall–Kier alpha value is -3.17. The number of anilines is 2. The number of sulfonamides is 1. The van der Waals surface area contributed by atoms with E-state index in [4.69, 9.17) is 4.42 Å². The molecule has 0 aliphatic carbocycles. The SMILES string of the molecule is Cc1ccc2c(CC(=O)Nc3ccc(S(=O)(=O)Nc4nccs4)cc3)coc2c1. The number of hydrogen-bond acceptors (Lipinski definition) is 6. The number of thiazole rings is 1. The van der Waals surface area contributed by atoms with Gasteiger partial charge in [-0.1, -0.05) is 12.1 Å². The molecule has 0 saturated heterocycles. The van der Waals surface area contributed by atoms with Gasteiger partial charge in [-0.2, -0.15) is 0 Å². The van der Waals surface area contributed by atoms with Crippen molar-refractivity contribution in [1.29, 1.82) is 0 Å². The summed E-state index contributed by atoms with van der Waals surface area (Å²) in [6.07, 6.45) is 3.26. The number of benzene rings is 2. The van der Waals surface area contributed by atoms with Crippen LogP contribution < -0.4 is 10.0 Å². The highest BCUT2D eigenvalue weighted by Crippen LogP contribution is 2.23. The highest BCUT2D eigenvalue weighted by atomic mass is 32.2. The zero-order chi connectivity index (χ0) is 20.4. The Morgan fingerprint density at radius 2 is 1.97 bits per heavy atom. The Morgan fingerprint density at radius 1 is 1.17 bits per heavy atom. The number of rotatable bonds is 6. The molecule has 4 aromatic rings. The molecule has 0 spiro atoms. The number of nitrogens with zero attached hydrogens (tertiary/aromatic N) is 1. The maximum Gasteiger partial charge on any atom is 0.263 e.